The molecule has 2 rings (SSSR count). The molecule has 0 atom stereocenters. The predicted octanol–water partition coefficient (Wildman–Crippen LogP) is 1.80. The predicted molar refractivity (Wildman–Crippen MR) is 44.6 cm³/mol. The van der Waals surface area contributed by atoms with E-state index in [1.807, 2.05) is 0 Å². The SMILES string of the molecule is NC(=O)OC1(C2CCCC2)CC1. The third kappa shape index (κ3) is 1.28. The van der Waals surface area contributed by atoms with Gasteiger partial charge in [-0.1, -0.05) is 12.8 Å². The second-order valence-electron chi connectivity index (χ2n) is 3.97. The van der Waals surface area contributed by atoms with Gasteiger partial charge in [0.25, 0.3) is 0 Å². The minimum absolute atomic E-state index is 0.123. The Kier molecular flexibility index (Phi) is 1.74. The Morgan fingerprint density at radius 3 is 2.33 bits per heavy atom. The quantitative estimate of drug-likeness (QED) is 0.685. The molecule has 2 N–H and O–H groups in total. The standard InChI is InChI=1S/C9H15NO2/c10-8(11)12-9(5-6-9)7-3-1-2-4-7/h7H,1-6H2,(H2,10,11). The summed E-state index contributed by atoms with van der Waals surface area (Å²) in [6.45, 7) is 0. The summed E-state index contributed by atoms with van der Waals surface area (Å²) in [5.74, 6) is 0.602. The van der Waals surface area contributed by atoms with Gasteiger partial charge in [-0.15, -0.1) is 0 Å². The van der Waals surface area contributed by atoms with E-state index in [2.05, 4.69) is 0 Å². The van der Waals surface area contributed by atoms with Gasteiger partial charge in [0, 0.05) is 0 Å². The van der Waals surface area contributed by atoms with Gasteiger partial charge < -0.3 is 10.5 Å². The molecule has 2 aliphatic carbocycles. The summed E-state index contributed by atoms with van der Waals surface area (Å²) in [6.07, 6.45) is 6.46. The molecule has 3 nitrogen and oxygen atoms in total. The number of primary amides is 1. The van der Waals surface area contributed by atoms with Gasteiger partial charge >= 0.3 is 6.09 Å². The summed E-state index contributed by atoms with van der Waals surface area (Å²) in [7, 11) is 0. The summed E-state index contributed by atoms with van der Waals surface area (Å²) in [6, 6.07) is 0. The molecule has 1 amide bonds. The molecule has 0 heterocycles. The first-order valence-electron chi connectivity index (χ1n) is 4.71. The molecule has 2 fully saturated rings. The second-order valence-corrected chi connectivity index (χ2v) is 3.97. The average molecular weight is 169 g/mol. The molecule has 0 bridgehead atoms. The highest BCUT2D eigenvalue weighted by Crippen LogP contribution is 2.51. The van der Waals surface area contributed by atoms with Crippen LogP contribution in [0.5, 0.6) is 0 Å². The van der Waals surface area contributed by atoms with E-state index < -0.39 is 6.09 Å². The molecule has 0 aromatic carbocycles. The Hall–Kier alpha value is -0.730. The fraction of sp³-hybridized carbons (Fsp3) is 0.889. The third-order valence-electron chi connectivity index (χ3n) is 3.15. The lowest BCUT2D eigenvalue weighted by atomic mass is 9.99. The van der Waals surface area contributed by atoms with Crippen LogP contribution in [-0.4, -0.2) is 11.7 Å². The number of hydrogen-bond donors (Lipinski definition) is 1. The number of carbonyl (C=O) groups is 1. The first-order chi connectivity index (χ1) is 5.73. The lowest BCUT2D eigenvalue weighted by Gasteiger charge is -2.21. The topological polar surface area (TPSA) is 52.3 Å². The van der Waals surface area contributed by atoms with Gasteiger partial charge in [0.1, 0.15) is 5.60 Å². The minimum Gasteiger partial charge on any atom is -0.443 e. The minimum atomic E-state index is -0.598. The van der Waals surface area contributed by atoms with E-state index in [1.165, 1.54) is 25.7 Å². The molecule has 3 heteroatoms. The number of amides is 1. The average Bonchev–Trinajstić information content (AvgIpc) is 2.61. The molecule has 0 spiro atoms. The van der Waals surface area contributed by atoms with Gasteiger partial charge in [0.2, 0.25) is 0 Å². The van der Waals surface area contributed by atoms with Gasteiger partial charge in [-0.2, -0.15) is 0 Å². The number of ether oxygens (including phenoxy) is 1. The van der Waals surface area contributed by atoms with Gasteiger partial charge in [0.15, 0.2) is 0 Å². The van der Waals surface area contributed by atoms with E-state index in [1.54, 1.807) is 0 Å². The molecule has 0 saturated heterocycles. The van der Waals surface area contributed by atoms with E-state index in [4.69, 9.17) is 10.5 Å². The fourth-order valence-electron chi connectivity index (χ4n) is 2.37. The molecule has 0 unspecified atom stereocenters. The third-order valence-corrected chi connectivity index (χ3v) is 3.15. The van der Waals surface area contributed by atoms with Crippen LogP contribution in [0.3, 0.4) is 0 Å². The van der Waals surface area contributed by atoms with Crippen molar-refractivity contribution in [3.63, 3.8) is 0 Å². The molecule has 68 valence electrons. The van der Waals surface area contributed by atoms with E-state index in [0.717, 1.165) is 12.8 Å². The highest BCUT2D eigenvalue weighted by atomic mass is 16.6. The molecular weight excluding hydrogens is 154 g/mol. The highest BCUT2D eigenvalue weighted by molar-refractivity contribution is 5.65. The number of carbonyl (C=O) groups excluding carboxylic acids is 1. The Morgan fingerprint density at radius 1 is 1.33 bits per heavy atom. The van der Waals surface area contributed by atoms with Crippen LogP contribution in [-0.2, 0) is 4.74 Å². The van der Waals surface area contributed by atoms with E-state index in [9.17, 15) is 4.79 Å². The zero-order chi connectivity index (χ0) is 8.60. The first kappa shape index (κ1) is 7.90. The van der Waals surface area contributed by atoms with Crippen molar-refractivity contribution in [1.82, 2.24) is 0 Å². The van der Waals surface area contributed by atoms with E-state index in [-0.39, 0.29) is 5.60 Å². The van der Waals surface area contributed by atoms with Gasteiger partial charge in [0.05, 0.1) is 0 Å². The van der Waals surface area contributed by atoms with Crippen molar-refractivity contribution in [2.45, 2.75) is 44.1 Å². The molecule has 0 aliphatic heterocycles. The smallest absolute Gasteiger partial charge is 0.405 e. The number of nitrogens with two attached hydrogens (primary N) is 1. The van der Waals surface area contributed by atoms with Crippen molar-refractivity contribution in [2.24, 2.45) is 11.7 Å². The zero-order valence-corrected chi connectivity index (χ0v) is 7.21. The molecule has 0 aromatic rings. The first-order valence-corrected chi connectivity index (χ1v) is 4.71. The lowest BCUT2D eigenvalue weighted by Crippen LogP contribution is -2.30. The van der Waals surface area contributed by atoms with Crippen LogP contribution in [0, 0.1) is 5.92 Å². The van der Waals surface area contributed by atoms with Crippen molar-refractivity contribution < 1.29 is 9.53 Å². The Labute approximate surface area is 72.3 Å². The monoisotopic (exact) mass is 169 g/mol. The Morgan fingerprint density at radius 2 is 1.92 bits per heavy atom. The van der Waals surface area contributed by atoms with Crippen molar-refractivity contribution in [3.8, 4) is 0 Å². The fourth-order valence-corrected chi connectivity index (χ4v) is 2.37. The second kappa shape index (κ2) is 2.64. The normalized spacial score (nSPS) is 27.0. The van der Waals surface area contributed by atoms with Crippen LogP contribution < -0.4 is 5.73 Å². The van der Waals surface area contributed by atoms with Crippen LogP contribution in [0.4, 0.5) is 4.79 Å². The van der Waals surface area contributed by atoms with Crippen molar-refractivity contribution >= 4 is 6.09 Å². The summed E-state index contributed by atoms with van der Waals surface area (Å²) >= 11 is 0. The Balaban J connectivity index is 1.95. The maximum Gasteiger partial charge on any atom is 0.405 e. The number of hydrogen-bond acceptors (Lipinski definition) is 2. The van der Waals surface area contributed by atoms with Crippen LogP contribution in [0.15, 0.2) is 0 Å². The van der Waals surface area contributed by atoms with Crippen molar-refractivity contribution in [1.29, 1.82) is 0 Å². The summed E-state index contributed by atoms with van der Waals surface area (Å²) in [4.78, 5) is 10.6. The molecule has 0 aromatic heterocycles. The van der Waals surface area contributed by atoms with Gasteiger partial charge in [-0.05, 0) is 31.6 Å². The van der Waals surface area contributed by atoms with Crippen molar-refractivity contribution in [2.75, 3.05) is 0 Å². The summed E-state index contributed by atoms with van der Waals surface area (Å²) in [5.41, 5.74) is 4.90. The maximum absolute atomic E-state index is 10.6. The van der Waals surface area contributed by atoms with Crippen LogP contribution in [0.25, 0.3) is 0 Å². The summed E-state index contributed by atoms with van der Waals surface area (Å²) < 4.78 is 5.17. The largest absolute Gasteiger partial charge is 0.443 e. The van der Waals surface area contributed by atoms with Crippen molar-refractivity contribution in [3.05, 3.63) is 0 Å². The van der Waals surface area contributed by atoms with Crippen LogP contribution in [0.2, 0.25) is 0 Å². The Bertz CT molecular complexity index is 193. The number of rotatable bonds is 2. The van der Waals surface area contributed by atoms with Gasteiger partial charge in [-0.3, -0.25) is 0 Å². The van der Waals surface area contributed by atoms with Gasteiger partial charge in [-0.25, -0.2) is 4.79 Å². The molecule has 2 saturated carbocycles. The van der Waals surface area contributed by atoms with E-state index >= 15 is 0 Å². The highest BCUT2D eigenvalue weighted by Gasteiger charge is 2.53. The lowest BCUT2D eigenvalue weighted by molar-refractivity contribution is 0.0510. The van der Waals surface area contributed by atoms with Crippen LogP contribution in [0.1, 0.15) is 38.5 Å². The van der Waals surface area contributed by atoms with E-state index in [0.29, 0.717) is 5.92 Å². The molecule has 0 radical (unpaired) electrons. The molecule has 2 aliphatic rings. The molecule has 12 heavy (non-hydrogen) atoms. The van der Waals surface area contributed by atoms with Crippen LogP contribution >= 0.6 is 0 Å². The zero-order valence-electron chi connectivity index (χ0n) is 7.21. The molecular formula is C9H15NO2. The maximum atomic E-state index is 10.6. The summed E-state index contributed by atoms with van der Waals surface area (Å²) in [5, 5.41) is 0.